The van der Waals surface area contributed by atoms with Crippen molar-refractivity contribution in [3.8, 4) is 17.3 Å². The average Bonchev–Trinajstić information content (AvgIpc) is 2.33. The first-order valence-electron chi connectivity index (χ1n) is 4.52. The van der Waals surface area contributed by atoms with Gasteiger partial charge in [0.25, 0.3) is 0 Å². The van der Waals surface area contributed by atoms with Gasteiger partial charge in [-0.15, -0.1) is 0 Å². The Kier molecular flexibility index (Phi) is 2.84. The molecule has 0 atom stereocenters. The minimum absolute atomic E-state index is 0.0589. The van der Waals surface area contributed by atoms with Crippen molar-refractivity contribution in [1.29, 1.82) is 5.26 Å². The van der Waals surface area contributed by atoms with Crippen LogP contribution in [0.4, 0.5) is 4.39 Å². The van der Waals surface area contributed by atoms with Gasteiger partial charge in [0.2, 0.25) is 0 Å². The number of hydrogen-bond donors (Lipinski definition) is 0. The van der Waals surface area contributed by atoms with Crippen molar-refractivity contribution in [3.63, 3.8) is 0 Å². The van der Waals surface area contributed by atoms with E-state index in [0.29, 0.717) is 11.3 Å². The van der Waals surface area contributed by atoms with Crippen molar-refractivity contribution in [2.45, 2.75) is 0 Å². The van der Waals surface area contributed by atoms with E-state index >= 15 is 0 Å². The molecule has 0 bridgehead atoms. The molecule has 0 saturated heterocycles. The summed E-state index contributed by atoms with van der Waals surface area (Å²) in [5.74, 6) is -0.459. The third kappa shape index (κ3) is 2.02. The summed E-state index contributed by atoms with van der Waals surface area (Å²) in [5.41, 5.74) is 1.86. The van der Waals surface area contributed by atoms with Crippen molar-refractivity contribution >= 4 is 11.6 Å². The number of rotatable bonds is 1. The molecule has 0 radical (unpaired) electrons. The summed E-state index contributed by atoms with van der Waals surface area (Å²) in [5, 5.41) is 8.68. The second-order valence-corrected chi connectivity index (χ2v) is 3.58. The summed E-state index contributed by atoms with van der Waals surface area (Å²) in [6, 6.07) is 9.71. The summed E-state index contributed by atoms with van der Waals surface area (Å²) in [7, 11) is 0. The van der Waals surface area contributed by atoms with E-state index in [2.05, 4.69) is 4.98 Å². The molecule has 0 N–H and O–H groups in total. The molecule has 16 heavy (non-hydrogen) atoms. The molecular formula is C12H6ClFN2. The van der Waals surface area contributed by atoms with Crippen LogP contribution in [-0.4, -0.2) is 4.98 Å². The zero-order valence-electron chi connectivity index (χ0n) is 8.11. The highest BCUT2D eigenvalue weighted by molar-refractivity contribution is 6.31. The van der Waals surface area contributed by atoms with Gasteiger partial charge in [-0.2, -0.15) is 5.26 Å². The molecule has 0 saturated carbocycles. The van der Waals surface area contributed by atoms with Gasteiger partial charge in [-0.25, -0.2) is 4.39 Å². The van der Waals surface area contributed by atoms with Crippen molar-refractivity contribution in [2.24, 2.45) is 0 Å². The monoisotopic (exact) mass is 232 g/mol. The van der Waals surface area contributed by atoms with Gasteiger partial charge in [0.05, 0.1) is 16.3 Å². The third-order valence-electron chi connectivity index (χ3n) is 2.11. The maximum Gasteiger partial charge on any atom is 0.141 e. The Bertz CT molecular complexity index is 558. The standard InChI is InChI=1S/C12H6ClFN2/c13-10-5-9(2-3-11(10)14)12-4-1-8(6-15)7-16-12/h1-5,7H. The van der Waals surface area contributed by atoms with Gasteiger partial charge in [0.15, 0.2) is 0 Å². The van der Waals surface area contributed by atoms with Crippen LogP contribution in [0.1, 0.15) is 5.56 Å². The van der Waals surface area contributed by atoms with Crippen LogP contribution in [0.2, 0.25) is 5.02 Å². The molecule has 0 aliphatic rings. The van der Waals surface area contributed by atoms with Crippen LogP contribution in [0.25, 0.3) is 11.3 Å². The molecule has 2 rings (SSSR count). The Morgan fingerprint density at radius 3 is 2.62 bits per heavy atom. The van der Waals surface area contributed by atoms with E-state index < -0.39 is 5.82 Å². The topological polar surface area (TPSA) is 36.7 Å². The number of nitrogens with zero attached hydrogens (tertiary/aromatic N) is 2. The summed E-state index contributed by atoms with van der Waals surface area (Å²) in [6.07, 6.45) is 1.46. The normalized spacial score (nSPS) is 9.81. The van der Waals surface area contributed by atoms with Gasteiger partial charge in [-0.3, -0.25) is 4.98 Å². The van der Waals surface area contributed by atoms with Gasteiger partial charge in [-0.1, -0.05) is 11.6 Å². The largest absolute Gasteiger partial charge is 0.255 e. The average molecular weight is 233 g/mol. The Labute approximate surface area is 96.9 Å². The van der Waals surface area contributed by atoms with Crippen molar-refractivity contribution < 1.29 is 4.39 Å². The minimum Gasteiger partial charge on any atom is -0.255 e. The lowest BCUT2D eigenvalue weighted by molar-refractivity contribution is 0.628. The Balaban J connectivity index is 2.43. The summed E-state index contributed by atoms with van der Waals surface area (Å²) in [4.78, 5) is 4.09. The van der Waals surface area contributed by atoms with Crippen LogP contribution in [0.5, 0.6) is 0 Å². The highest BCUT2D eigenvalue weighted by atomic mass is 35.5. The molecule has 1 aromatic carbocycles. The lowest BCUT2D eigenvalue weighted by Gasteiger charge is -2.01. The summed E-state index contributed by atoms with van der Waals surface area (Å²) in [6.45, 7) is 0. The molecule has 2 nitrogen and oxygen atoms in total. The Morgan fingerprint density at radius 1 is 1.25 bits per heavy atom. The van der Waals surface area contributed by atoms with Crippen LogP contribution >= 0.6 is 11.6 Å². The van der Waals surface area contributed by atoms with E-state index in [0.717, 1.165) is 5.56 Å². The van der Waals surface area contributed by atoms with E-state index in [-0.39, 0.29) is 5.02 Å². The van der Waals surface area contributed by atoms with Crippen LogP contribution in [0.15, 0.2) is 36.5 Å². The quantitative estimate of drug-likeness (QED) is 0.756. The lowest BCUT2D eigenvalue weighted by atomic mass is 10.1. The first-order chi connectivity index (χ1) is 7.70. The number of halogens is 2. The highest BCUT2D eigenvalue weighted by Gasteiger charge is 2.04. The van der Waals surface area contributed by atoms with Crippen molar-refractivity contribution in [1.82, 2.24) is 4.98 Å². The first-order valence-corrected chi connectivity index (χ1v) is 4.90. The smallest absolute Gasteiger partial charge is 0.141 e. The fraction of sp³-hybridized carbons (Fsp3) is 0. The van der Waals surface area contributed by atoms with Gasteiger partial charge in [-0.05, 0) is 30.3 Å². The maximum atomic E-state index is 12.9. The first kappa shape index (κ1) is 10.6. The predicted molar refractivity (Wildman–Crippen MR) is 59.4 cm³/mol. The molecule has 1 aromatic heterocycles. The second kappa shape index (κ2) is 4.30. The fourth-order valence-electron chi connectivity index (χ4n) is 1.29. The SMILES string of the molecule is N#Cc1ccc(-c2ccc(F)c(Cl)c2)nc1. The van der Waals surface area contributed by atoms with Crippen LogP contribution in [0.3, 0.4) is 0 Å². The molecule has 0 unspecified atom stereocenters. The molecule has 0 amide bonds. The fourth-order valence-corrected chi connectivity index (χ4v) is 1.47. The number of pyridine rings is 1. The van der Waals surface area contributed by atoms with Crippen LogP contribution < -0.4 is 0 Å². The molecule has 2 aromatic rings. The maximum absolute atomic E-state index is 12.9. The molecule has 0 aliphatic heterocycles. The second-order valence-electron chi connectivity index (χ2n) is 3.17. The molecule has 78 valence electrons. The van der Waals surface area contributed by atoms with Crippen molar-refractivity contribution in [2.75, 3.05) is 0 Å². The van der Waals surface area contributed by atoms with Gasteiger partial charge in [0, 0.05) is 11.8 Å². The van der Waals surface area contributed by atoms with Crippen LogP contribution in [0, 0.1) is 17.1 Å². The summed E-state index contributed by atoms with van der Waals surface area (Å²) >= 11 is 5.67. The number of nitriles is 1. The lowest BCUT2D eigenvalue weighted by Crippen LogP contribution is -1.86. The minimum atomic E-state index is -0.459. The Morgan fingerprint density at radius 2 is 2.06 bits per heavy atom. The van der Waals surface area contributed by atoms with Gasteiger partial charge in [0.1, 0.15) is 11.9 Å². The molecule has 0 fully saturated rings. The zero-order chi connectivity index (χ0) is 11.5. The zero-order valence-corrected chi connectivity index (χ0v) is 8.87. The Hall–Kier alpha value is -1.92. The molecular weight excluding hydrogens is 227 g/mol. The molecule has 0 aliphatic carbocycles. The third-order valence-corrected chi connectivity index (χ3v) is 2.40. The van der Waals surface area contributed by atoms with E-state index in [9.17, 15) is 4.39 Å². The van der Waals surface area contributed by atoms with E-state index in [1.165, 1.54) is 18.3 Å². The molecule has 4 heteroatoms. The predicted octanol–water partition coefficient (Wildman–Crippen LogP) is 3.41. The van der Waals surface area contributed by atoms with Crippen molar-refractivity contribution in [3.05, 3.63) is 52.9 Å². The van der Waals surface area contributed by atoms with E-state index in [1.54, 1.807) is 18.2 Å². The van der Waals surface area contributed by atoms with Gasteiger partial charge >= 0.3 is 0 Å². The number of hydrogen-bond acceptors (Lipinski definition) is 2. The van der Waals surface area contributed by atoms with Crippen LogP contribution in [-0.2, 0) is 0 Å². The highest BCUT2D eigenvalue weighted by Crippen LogP contribution is 2.23. The van der Waals surface area contributed by atoms with E-state index in [4.69, 9.17) is 16.9 Å². The number of aromatic nitrogens is 1. The molecule has 1 heterocycles. The summed E-state index contributed by atoms with van der Waals surface area (Å²) < 4.78 is 12.9. The van der Waals surface area contributed by atoms with E-state index in [1.807, 2.05) is 6.07 Å². The number of benzene rings is 1. The van der Waals surface area contributed by atoms with Gasteiger partial charge < -0.3 is 0 Å². The molecule has 0 spiro atoms.